The maximum atomic E-state index is 12.8. The molecule has 0 aliphatic heterocycles. The molecule has 0 aromatic carbocycles. The van der Waals surface area contributed by atoms with Crippen LogP contribution in [-0.4, -0.2) is 28.7 Å². The van der Waals surface area contributed by atoms with E-state index in [2.05, 4.69) is 40.7 Å². The van der Waals surface area contributed by atoms with Crippen LogP contribution >= 0.6 is 0 Å². The lowest BCUT2D eigenvalue weighted by atomic mass is 9.41. The lowest BCUT2D eigenvalue weighted by Crippen LogP contribution is -2.57. The molecule has 3 saturated carbocycles. The molecule has 33 heavy (non-hydrogen) atoms. The average molecular weight is 457 g/mol. The molecule has 8 atom stereocenters. The van der Waals surface area contributed by atoms with E-state index in [0.29, 0.717) is 30.0 Å². The van der Waals surface area contributed by atoms with Crippen molar-refractivity contribution in [2.75, 3.05) is 6.61 Å². The van der Waals surface area contributed by atoms with Gasteiger partial charge in [0.05, 0.1) is 6.10 Å². The highest BCUT2D eigenvalue weighted by Crippen LogP contribution is 2.73. The quantitative estimate of drug-likeness (QED) is 0.465. The first-order chi connectivity index (χ1) is 15.3. The minimum absolute atomic E-state index is 0.137. The van der Waals surface area contributed by atoms with Crippen LogP contribution in [0.5, 0.6) is 0 Å². The summed E-state index contributed by atoms with van der Waals surface area (Å²) in [5, 5.41) is 21.0. The Labute approximate surface area is 202 Å². The van der Waals surface area contributed by atoms with Crippen LogP contribution in [0.15, 0.2) is 23.3 Å². The van der Waals surface area contributed by atoms with Crippen molar-refractivity contribution >= 4 is 5.78 Å². The minimum Gasteiger partial charge on any atom is -0.396 e. The smallest absolute Gasteiger partial charge is 0.138 e. The highest BCUT2D eigenvalue weighted by Gasteiger charge is 2.65. The van der Waals surface area contributed by atoms with Gasteiger partial charge in [0.25, 0.3) is 0 Å². The van der Waals surface area contributed by atoms with Crippen molar-refractivity contribution in [1.29, 1.82) is 0 Å². The molecule has 0 amide bonds. The van der Waals surface area contributed by atoms with Crippen LogP contribution in [0.3, 0.4) is 0 Å². The van der Waals surface area contributed by atoms with Crippen LogP contribution < -0.4 is 0 Å². The number of carbonyl (C=O) groups is 1. The number of rotatable bonds is 5. The third-order valence-electron chi connectivity index (χ3n) is 11.5. The summed E-state index contributed by atoms with van der Waals surface area (Å²) >= 11 is 0. The van der Waals surface area contributed by atoms with Gasteiger partial charge in [-0.3, -0.25) is 4.79 Å². The Balaban J connectivity index is 1.65. The fraction of sp³-hybridized carbons (Fsp3) is 0.833. The van der Waals surface area contributed by atoms with Gasteiger partial charge in [-0.25, -0.2) is 0 Å². The Kier molecular flexibility index (Phi) is 6.35. The van der Waals surface area contributed by atoms with Gasteiger partial charge >= 0.3 is 0 Å². The molecule has 3 nitrogen and oxygen atoms in total. The standard InChI is InChI=1S/C30H48O3/c1-19(2)16-21(32)17-20(18-31)22-10-14-30(7)24-8-9-25-27(3,4)26(33)12-13-28(25,5)23(24)11-15-29(22,30)6/h8,16,20-23,25,31-32H,9-15,17-18H2,1-7H3/t20-,21+,22+,23+,25-,28-,29+,30-/m1/s1. The molecule has 0 spiro atoms. The maximum Gasteiger partial charge on any atom is 0.138 e. The van der Waals surface area contributed by atoms with Gasteiger partial charge in [0.1, 0.15) is 5.78 Å². The van der Waals surface area contributed by atoms with Crippen LogP contribution in [-0.2, 0) is 4.79 Å². The van der Waals surface area contributed by atoms with E-state index < -0.39 is 6.10 Å². The monoisotopic (exact) mass is 456 g/mol. The molecule has 186 valence electrons. The summed E-state index contributed by atoms with van der Waals surface area (Å²) in [5.74, 6) is 2.04. The van der Waals surface area contributed by atoms with Crippen molar-refractivity contribution < 1.29 is 15.0 Å². The third kappa shape index (κ3) is 3.63. The molecule has 2 N–H and O–H groups in total. The fourth-order valence-corrected chi connectivity index (χ4v) is 9.44. The number of Topliss-reactive ketones (excluding diaryl/α,β-unsaturated/α-hetero) is 1. The summed E-state index contributed by atoms with van der Waals surface area (Å²) < 4.78 is 0. The Morgan fingerprint density at radius 2 is 1.82 bits per heavy atom. The lowest BCUT2D eigenvalue weighted by Gasteiger charge is -2.63. The second-order valence-corrected chi connectivity index (χ2v) is 13.6. The second-order valence-electron chi connectivity index (χ2n) is 13.6. The van der Waals surface area contributed by atoms with Gasteiger partial charge < -0.3 is 10.2 Å². The van der Waals surface area contributed by atoms with Crippen molar-refractivity contribution in [3.05, 3.63) is 23.3 Å². The molecule has 0 unspecified atom stereocenters. The van der Waals surface area contributed by atoms with E-state index in [1.807, 2.05) is 19.9 Å². The van der Waals surface area contributed by atoms with E-state index in [9.17, 15) is 15.0 Å². The van der Waals surface area contributed by atoms with Crippen LogP contribution in [0.1, 0.15) is 99.8 Å². The average Bonchev–Trinajstić information content (AvgIpc) is 3.00. The Morgan fingerprint density at radius 1 is 1.12 bits per heavy atom. The van der Waals surface area contributed by atoms with E-state index in [1.54, 1.807) is 5.57 Å². The molecule has 3 fully saturated rings. The summed E-state index contributed by atoms with van der Waals surface area (Å²) in [6, 6.07) is 0. The third-order valence-corrected chi connectivity index (χ3v) is 11.5. The van der Waals surface area contributed by atoms with E-state index in [-0.39, 0.29) is 34.2 Å². The zero-order valence-corrected chi connectivity index (χ0v) is 22.2. The highest BCUT2D eigenvalue weighted by molar-refractivity contribution is 5.85. The number of allylic oxidation sites excluding steroid dienone is 3. The molecule has 4 aliphatic carbocycles. The number of aliphatic hydroxyl groups is 2. The van der Waals surface area contributed by atoms with Crippen LogP contribution in [0.4, 0.5) is 0 Å². The largest absolute Gasteiger partial charge is 0.396 e. The van der Waals surface area contributed by atoms with Gasteiger partial charge in [-0.15, -0.1) is 0 Å². The summed E-state index contributed by atoms with van der Waals surface area (Å²) in [5.41, 5.74) is 3.08. The van der Waals surface area contributed by atoms with Gasteiger partial charge in [-0.1, -0.05) is 57.9 Å². The molecule has 0 aromatic heterocycles. The molecule has 4 aliphatic rings. The SMILES string of the molecule is CC(C)=C[C@H](O)C[C@H](CO)[C@@H]1CC[C@]2(C)C3=CC[C@@H]4C(C)(C)C(=O)CC[C@]4(C)[C@H]3CC[C@@]12C. The molecule has 0 aromatic rings. The molecule has 4 rings (SSSR count). The van der Waals surface area contributed by atoms with Gasteiger partial charge in [-0.2, -0.15) is 0 Å². The summed E-state index contributed by atoms with van der Waals surface area (Å²) in [4.78, 5) is 12.8. The Hall–Kier alpha value is -0.930. The van der Waals surface area contributed by atoms with E-state index in [0.717, 1.165) is 31.3 Å². The minimum atomic E-state index is -0.477. The number of ketones is 1. The predicted octanol–water partition coefficient (Wildman–Crippen LogP) is 6.49. The molecular weight excluding hydrogens is 408 g/mol. The second kappa shape index (κ2) is 8.33. The normalized spacial score (nSPS) is 43.6. The van der Waals surface area contributed by atoms with E-state index in [4.69, 9.17) is 0 Å². The topological polar surface area (TPSA) is 57.5 Å². The highest BCUT2D eigenvalue weighted by atomic mass is 16.3. The number of fused-ring (bicyclic) bond motifs is 5. The van der Waals surface area contributed by atoms with Gasteiger partial charge in [0.15, 0.2) is 0 Å². The molecule has 3 heteroatoms. The van der Waals surface area contributed by atoms with Crippen LogP contribution in [0, 0.1) is 45.3 Å². The predicted molar refractivity (Wildman–Crippen MR) is 135 cm³/mol. The number of carbonyl (C=O) groups excluding carboxylic acids is 1. The Bertz CT molecular complexity index is 849. The zero-order chi connectivity index (χ0) is 24.4. The number of hydrogen-bond donors (Lipinski definition) is 2. The first-order valence-corrected chi connectivity index (χ1v) is 13.5. The molecule has 0 bridgehead atoms. The summed E-state index contributed by atoms with van der Waals surface area (Å²) in [6.07, 6.45) is 12.1. The van der Waals surface area contributed by atoms with Crippen molar-refractivity contribution in [2.24, 2.45) is 45.3 Å². The molecule has 0 saturated heterocycles. The van der Waals surface area contributed by atoms with Gasteiger partial charge in [0, 0.05) is 18.4 Å². The first kappa shape index (κ1) is 25.2. The van der Waals surface area contributed by atoms with Gasteiger partial charge in [0.2, 0.25) is 0 Å². The van der Waals surface area contributed by atoms with Gasteiger partial charge in [-0.05, 0) is 98.7 Å². The fourth-order valence-electron chi connectivity index (χ4n) is 9.44. The number of hydrogen-bond acceptors (Lipinski definition) is 3. The summed E-state index contributed by atoms with van der Waals surface area (Å²) in [7, 11) is 0. The van der Waals surface area contributed by atoms with Crippen molar-refractivity contribution in [3.8, 4) is 0 Å². The zero-order valence-electron chi connectivity index (χ0n) is 22.2. The van der Waals surface area contributed by atoms with Crippen molar-refractivity contribution in [2.45, 2.75) is 106 Å². The van der Waals surface area contributed by atoms with Crippen molar-refractivity contribution in [1.82, 2.24) is 0 Å². The molecule has 0 radical (unpaired) electrons. The molecule has 0 heterocycles. The van der Waals surface area contributed by atoms with Crippen molar-refractivity contribution in [3.63, 3.8) is 0 Å². The van der Waals surface area contributed by atoms with E-state index in [1.165, 1.54) is 19.3 Å². The summed E-state index contributed by atoms with van der Waals surface area (Å²) in [6.45, 7) is 16.1. The van der Waals surface area contributed by atoms with E-state index >= 15 is 0 Å². The maximum absolute atomic E-state index is 12.8. The first-order valence-electron chi connectivity index (χ1n) is 13.5. The Morgan fingerprint density at radius 3 is 2.45 bits per heavy atom. The van der Waals surface area contributed by atoms with Crippen LogP contribution in [0.2, 0.25) is 0 Å². The lowest BCUT2D eigenvalue weighted by molar-refractivity contribution is -0.146. The van der Waals surface area contributed by atoms with Crippen LogP contribution in [0.25, 0.3) is 0 Å². The molecular formula is C30H48O3. The number of aliphatic hydroxyl groups excluding tert-OH is 2.